The van der Waals surface area contributed by atoms with Gasteiger partial charge in [0.05, 0.1) is 18.1 Å². The monoisotopic (exact) mass is 342 g/mol. The lowest BCUT2D eigenvalue weighted by atomic mass is 10.1. The molecule has 1 saturated carbocycles. The molecule has 0 atom stereocenters. The van der Waals surface area contributed by atoms with Crippen molar-refractivity contribution in [2.75, 3.05) is 33.3 Å². The number of hydrogen-bond donors (Lipinski definition) is 0. The minimum atomic E-state index is -0.338. The highest BCUT2D eigenvalue weighted by Crippen LogP contribution is 2.40. The Morgan fingerprint density at radius 1 is 1.12 bits per heavy atom. The van der Waals surface area contributed by atoms with Crippen molar-refractivity contribution in [1.29, 1.82) is 0 Å². The van der Waals surface area contributed by atoms with Crippen molar-refractivity contribution >= 4 is 23.0 Å². The molecular formula is C18H22N4O3. The van der Waals surface area contributed by atoms with Gasteiger partial charge in [-0.05, 0) is 31.0 Å². The molecule has 25 heavy (non-hydrogen) atoms. The van der Waals surface area contributed by atoms with Crippen LogP contribution in [0.3, 0.4) is 0 Å². The van der Waals surface area contributed by atoms with Gasteiger partial charge < -0.3 is 19.1 Å². The van der Waals surface area contributed by atoms with Gasteiger partial charge in [-0.15, -0.1) is 0 Å². The summed E-state index contributed by atoms with van der Waals surface area (Å²) in [6.45, 7) is 2.02. The van der Waals surface area contributed by atoms with Crippen LogP contribution in [-0.2, 0) is 11.8 Å². The Hall–Kier alpha value is -2.57. The molecule has 2 aliphatic rings. The Labute approximate surface area is 146 Å². The minimum Gasteiger partial charge on any atom is -0.453 e. The molecule has 1 aromatic heterocycles. The zero-order valence-electron chi connectivity index (χ0n) is 14.6. The number of methoxy groups -OCH3 is 1. The third kappa shape index (κ3) is 2.83. The lowest BCUT2D eigenvalue weighted by molar-refractivity contribution is 0.0600. The Morgan fingerprint density at radius 2 is 1.80 bits per heavy atom. The quantitative estimate of drug-likeness (QED) is 0.837. The number of hydrogen-bond acceptors (Lipinski definition) is 4. The van der Waals surface area contributed by atoms with Crippen molar-refractivity contribution in [2.45, 2.75) is 18.8 Å². The first-order chi connectivity index (χ1) is 12.1. The predicted molar refractivity (Wildman–Crippen MR) is 92.6 cm³/mol. The molecule has 4 rings (SSSR count). The van der Waals surface area contributed by atoms with E-state index in [1.165, 1.54) is 20.0 Å². The number of benzene rings is 1. The van der Waals surface area contributed by atoms with E-state index in [0.29, 0.717) is 37.7 Å². The fraction of sp³-hybridized carbons (Fsp3) is 0.500. The van der Waals surface area contributed by atoms with Crippen molar-refractivity contribution in [3.8, 4) is 0 Å². The molecule has 2 amide bonds. The number of nitrogens with zero attached hydrogens (tertiary/aromatic N) is 4. The summed E-state index contributed by atoms with van der Waals surface area (Å²) >= 11 is 0. The second kappa shape index (κ2) is 6.06. The molecule has 1 saturated heterocycles. The van der Waals surface area contributed by atoms with Crippen molar-refractivity contribution in [2.24, 2.45) is 7.05 Å². The molecule has 1 aliphatic carbocycles. The third-order valence-electron chi connectivity index (χ3n) is 5.10. The number of piperazine rings is 1. The van der Waals surface area contributed by atoms with Crippen LogP contribution in [0.1, 0.15) is 34.9 Å². The summed E-state index contributed by atoms with van der Waals surface area (Å²) in [5, 5.41) is 0. The maximum Gasteiger partial charge on any atom is 0.409 e. The predicted octanol–water partition coefficient (Wildman–Crippen LogP) is 1.97. The van der Waals surface area contributed by atoms with Crippen LogP contribution >= 0.6 is 0 Å². The van der Waals surface area contributed by atoms with Crippen LogP contribution in [0.5, 0.6) is 0 Å². The number of carbonyl (C=O) groups is 2. The number of imidazole rings is 1. The first-order valence-corrected chi connectivity index (χ1v) is 8.67. The SMILES string of the molecule is COC(=O)N1CCN(C(=O)c2ccc3c(c2)nc(C2CC2)n3C)CC1. The number of fused-ring (bicyclic) bond motifs is 1. The van der Waals surface area contributed by atoms with Crippen molar-refractivity contribution < 1.29 is 14.3 Å². The Bertz CT molecular complexity index is 832. The first-order valence-electron chi connectivity index (χ1n) is 8.67. The molecule has 1 aromatic carbocycles. The molecule has 2 heterocycles. The van der Waals surface area contributed by atoms with E-state index in [1.54, 1.807) is 9.80 Å². The second-order valence-corrected chi connectivity index (χ2v) is 6.76. The fourth-order valence-corrected chi connectivity index (χ4v) is 3.46. The zero-order chi connectivity index (χ0) is 17.6. The van der Waals surface area contributed by atoms with Crippen molar-refractivity contribution in [3.63, 3.8) is 0 Å². The number of amides is 2. The molecule has 1 aliphatic heterocycles. The second-order valence-electron chi connectivity index (χ2n) is 6.76. The van der Waals surface area contributed by atoms with Crippen LogP contribution in [0.15, 0.2) is 18.2 Å². The highest BCUT2D eigenvalue weighted by atomic mass is 16.5. The van der Waals surface area contributed by atoms with Gasteiger partial charge in [-0.2, -0.15) is 0 Å². The van der Waals surface area contributed by atoms with Crippen LogP contribution in [0.2, 0.25) is 0 Å². The number of carbonyl (C=O) groups excluding carboxylic acids is 2. The first kappa shape index (κ1) is 15.9. The fourth-order valence-electron chi connectivity index (χ4n) is 3.46. The number of aryl methyl sites for hydroxylation is 1. The molecule has 7 heteroatoms. The molecular weight excluding hydrogens is 320 g/mol. The molecule has 0 bridgehead atoms. The van der Waals surface area contributed by atoms with Gasteiger partial charge in [0, 0.05) is 44.7 Å². The third-order valence-corrected chi connectivity index (χ3v) is 5.10. The molecule has 2 aromatic rings. The van der Waals surface area contributed by atoms with Gasteiger partial charge >= 0.3 is 6.09 Å². The highest BCUT2D eigenvalue weighted by Gasteiger charge is 2.29. The van der Waals surface area contributed by atoms with Gasteiger partial charge in [0.1, 0.15) is 5.82 Å². The van der Waals surface area contributed by atoms with Gasteiger partial charge in [0.15, 0.2) is 0 Å². The topological polar surface area (TPSA) is 67.7 Å². The summed E-state index contributed by atoms with van der Waals surface area (Å²) in [6.07, 6.45) is 2.07. The lowest BCUT2D eigenvalue weighted by Crippen LogP contribution is -2.50. The van der Waals surface area contributed by atoms with E-state index in [2.05, 4.69) is 4.57 Å². The summed E-state index contributed by atoms with van der Waals surface area (Å²) in [7, 11) is 3.41. The van der Waals surface area contributed by atoms with E-state index in [1.807, 2.05) is 25.2 Å². The molecule has 2 fully saturated rings. The standard InChI is InChI=1S/C18H22N4O3/c1-20-15-6-5-13(11-14(15)19-16(20)12-3-4-12)17(23)21-7-9-22(10-8-21)18(24)25-2/h5-6,11-12H,3-4,7-10H2,1-2H3. The van der Waals surface area contributed by atoms with Crippen LogP contribution < -0.4 is 0 Å². The molecule has 0 unspecified atom stereocenters. The van der Waals surface area contributed by atoms with E-state index in [-0.39, 0.29) is 12.0 Å². The van der Waals surface area contributed by atoms with Crippen LogP contribution in [0.25, 0.3) is 11.0 Å². The maximum absolute atomic E-state index is 12.8. The summed E-state index contributed by atoms with van der Waals surface area (Å²) in [5.41, 5.74) is 2.59. The zero-order valence-corrected chi connectivity index (χ0v) is 14.6. The summed E-state index contributed by atoms with van der Waals surface area (Å²) in [5.74, 6) is 1.68. The average molecular weight is 342 g/mol. The molecule has 0 spiro atoms. The average Bonchev–Trinajstić information content (AvgIpc) is 3.44. The lowest BCUT2D eigenvalue weighted by Gasteiger charge is -2.33. The van der Waals surface area contributed by atoms with Crippen molar-refractivity contribution in [3.05, 3.63) is 29.6 Å². The summed E-state index contributed by atoms with van der Waals surface area (Å²) in [6, 6.07) is 5.73. The minimum absolute atomic E-state index is 0.00922. The van der Waals surface area contributed by atoms with E-state index in [0.717, 1.165) is 16.9 Å². The van der Waals surface area contributed by atoms with Gasteiger partial charge in [-0.1, -0.05) is 0 Å². The summed E-state index contributed by atoms with van der Waals surface area (Å²) in [4.78, 5) is 32.5. The molecule has 0 radical (unpaired) electrons. The van der Waals surface area contributed by atoms with E-state index in [4.69, 9.17) is 9.72 Å². The van der Waals surface area contributed by atoms with Crippen LogP contribution in [0, 0.1) is 0 Å². The van der Waals surface area contributed by atoms with Gasteiger partial charge in [-0.25, -0.2) is 9.78 Å². The van der Waals surface area contributed by atoms with Gasteiger partial charge in [-0.3, -0.25) is 4.79 Å². The Kier molecular flexibility index (Phi) is 3.86. The normalized spacial score (nSPS) is 17.8. The van der Waals surface area contributed by atoms with Gasteiger partial charge in [0.25, 0.3) is 5.91 Å². The Morgan fingerprint density at radius 3 is 2.44 bits per heavy atom. The van der Waals surface area contributed by atoms with E-state index >= 15 is 0 Å². The number of ether oxygens (including phenoxy) is 1. The maximum atomic E-state index is 12.8. The smallest absolute Gasteiger partial charge is 0.409 e. The molecule has 0 N–H and O–H groups in total. The molecule has 132 valence electrons. The van der Waals surface area contributed by atoms with Crippen LogP contribution in [-0.4, -0.2) is 64.6 Å². The largest absolute Gasteiger partial charge is 0.453 e. The highest BCUT2D eigenvalue weighted by molar-refractivity contribution is 5.97. The summed E-state index contributed by atoms with van der Waals surface area (Å²) < 4.78 is 6.86. The van der Waals surface area contributed by atoms with Gasteiger partial charge in [0.2, 0.25) is 0 Å². The number of rotatable bonds is 2. The Balaban J connectivity index is 1.51. The van der Waals surface area contributed by atoms with E-state index < -0.39 is 0 Å². The van der Waals surface area contributed by atoms with E-state index in [9.17, 15) is 9.59 Å². The van der Waals surface area contributed by atoms with Crippen molar-refractivity contribution in [1.82, 2.24) is 19.4 Å². The number of aromatic nitrogens is 2. The van der Waals surface area contributed by atoms with Crippen LogP contribution in [0.4, 0.5) is 4.79 Å². The molecule has 7 nitrogen and oxygen atoms in total.